The van der Waals surface area contributed by atoms with Crippen molar-refractivity contribution in [2.24, 2.45) is 0 Å². The second-order valence-corrected chi connectivity index (χ2v) is 40.6. The summed E-state index contributed by atoms with van der Waals surface area (Å²) < 4.78 is 133. The fourth-order valence-electron chi connectivity index (χ4n) is 15.2. The van der Waals surface area contributed by atoms with E-state index in [1.54, 1.807) is 46.8 Å². The number of carboxylic acid groups (broad SMARTS) is 1. The van der Waals surface area contributed by atoms with Crippen LogP contribution in [0.25, 0.3) is 0 Å². The Morgan fingerprint density at radius 1 is 0.440 bits per heavy atom. The van der Waals surface area contributed by atoms with Crippen LogP contribution in [0.4, 0.5) is 0 Å². The summed E-state index contributed by atoms with van der Waals surface area (Å²) in [7, 11) is -7.64. The van der Waals surface area contributed by atoms with Crippen LogP contribution in [0.1, 0.15) is 275 Å². The quantitative estimate of drug-likeness (QED) is 0.00415. The average Bonchev–Trinajstić information content (AvgIpc) is 1.63. The molecule has 0 saturated carbocycles. The smallest absolute Gasteiger partial charge is 0.662 e. The first-order valence-electron chi connectivity index (χ1n) is 49.3. The van der Waals surface area contributed by atoms with Gasteiger partial charge in [-0.2, -0.15) is 16.8 Å². The molecule has 0 aromatic rings. The molecule has 6 aliphatic carbocycles. The molecular formula is C97H171NaO40S2Si. The number of Topliss-reactive ketones (excluding diaryl/α,β-unsaturated/α-hetero) is 1. The van der Waals surface area contributed by atoms with Gasteiger partial charge in [0.25, 0.3) is 26.7 Å². The van der Waals surface area contributed by atoms with Gasteiger partial charge in [-0.05, 0) is 156 Å². The van der Waals surface area contributed by atoms with E-state index in [-0.39, 0.29) is 174 Å². The minimum atomic E-state index is -3.78. The summed E-state index contributed by atoms with van der Waals surface area (Å²) in [4.78, 5) is 90.4. The Bertz CT molecular complexity index is 3940. The number of aliphatic carboxylic acids is 1. The van der Waals surface area contributed by atoms with Crippen LogP contribution >= 0.6 is 0 Å². The minimum Gasteiger partial charge on any atom is -0.662 e. The first-order valence-corrected chi connectivity index (χ1v) is 55.4. The van der Waals surface area contributed by atoms with E-state index >= 15 is 0 Å². The number of ether oxygens (including phenoxy) is 14. The van der Waals surface area contributed by atoms with Crippen molar-refractivity contribution in [3.05, 3.63) is 69.9 Å². The first kappa shape index (κ1) is 140. The molecule has 141 heavy (non-hydrogen) atoms. The van der Waals surface area contributed by atoms with Crippen molar-refractivity contribution in [3.8, 4) is 0 Å². The Hall–Kier alpha value is -5.32. The van der Waals surface area contributed by atoms with Gasteiger partial charge in [0.05, 0.1) is 82.2 Å². The van der Waals surface area contributed by atoms with Crippen LogP contribution in [0, 0.1) is 0 Å². The van der Waals surface area contributed by atoms with Crippen LogP contribution in [0.15, 0.2) is 69.9 Å². The zero-order valence-corrected chi connectivity index (χ0v) is 93.0. The number of aliphatic hydroxyl groups is 9. The van der Waals surface area contributed by atoms with Crippen LogP contribution < -0.4 is 34.8 Å². The van der Waals surface area contributed by atoms with Crippen molar-refractivity contribution in [1.29, 1.82) is 0 Å². The van der Waals surface area contributed by atoms with Gasteiger partial charge in [0.15, 0.2) is 17.4 Å². The molecule has 0 aromatic heterocycles. The fraction of sp³-hybridized carbons (Fsp3) is 0.794. The molecular weight excluding hydrogens is 1920 g/mol. The third kappa shape index (κ3) is 51.4. The van der Waals surface area contributed by atoms with Gasteiger partial charge >= 0.3 is 65.4 Å². The molecule has 0 spiro atoms. The monoisotopic (exact) mass is 2090 g/mol. The largest absolute Gasteiger partial charge is 1.00 e. The zero-order chi connectivity index (χ0) is 108. The van der Waals surface area contributed by atoms with Crippen molar-refractivity contribution in [3.63, 3.8) is 0 Å². The number of aliphatic hydroxyl groups excluding tert-OH is 9. The molecule has 3 fully saturated rings. The average molecular weight is 2090 g/mol. The predicted octanol–water partition coefficient (Wildman–Crippen LogP) is 5.55. The second kappa shape index (κ2) is 74.5. The van der Waals surface area contributed by atoms with E-state index < -0.39 is 141 Å². The summed E-state index contributed by atoms with van der Waals surface area (Å²) in [6.45, 7) is 48.1. The molecule has 40 nitrogen and oxygen atoms in total. The van der Waals surface area contributed by atoms with Gasteiger partial charge < -0.3 is 128 Å². The van der Waals surface area contributed by atoms with E-state index in [4.69, 9.17) is 110 Å². The molecule has 3 saturated heterocycles. The van der Waals surface area contributed by atoms with E-state index in [0.717, 1.165) is 70.3 Å². The molecule has 0 radical (unpaired) electrons. The normalized spacial score (nSPS) is 25.5. The number of epoxide rings is 1. The van der Waals surface area contributed by atoms with E-state index in [1.165, 1.54) is 30.3 Å². The molecule has 816 valence electrons. The Labute approximate surface area is 860 Å². The van der Waals surface area contributed by atoms with Gasteiger partial charge in [0.1, 0.15) is 91.2 Å². The van der Waals surface area contributed by atoms with Crippen LogP contribution in [0.2, 0.25) is 18.1 Å². The number of carbonyl (C=O) groups excluding carboxylic acids is 7. The molecule has 10 N–H and O–H groups in total. The summed E-state index contributed by atoms with van der Waals surface area (Å²) >= 11 is 0. The molecule has 9 rings (SSSR count). The van der Waals surface area contributed by atoms with Crippen molar-refractivity contribution in [1.82, 2.24) is 0 Å². The van der Waals surface area contributed by atoms with Crippen molar-refractivity contribution in [2.75, 3.05) is 65.4 Å². The van der Waals surface area contributed by atoms with Crippen LogP contribution in [0.5, 0.6) is 0 Å². The Morgan fingerprint density at radius 3 is 1.08 bits per heavy atom. The standard InChI is InChI=1S/C15H24O7S.C15H26O7S.C14H22O5.C14H22O4.C9H14O5.C9H20O2.C7H10O5.C6H16Si.C5H10O.C2H6O.CH2O3.Na/c1-5-15(6-2)20-11-8-10(14(16)19-7-3)9-12(13(11)21-15)22-23(4,17)18;1-5-11(6-2)21-12-8-10(15(17)20-7-3)9-13(14(12)16)22-23(4,18)19;1-4-14(5-2)18-11-8-9(13(16)17-6-3)7-10(15)12(11)19-14;1-4-10(5-2)17-11-7-9(14(15)16-6-3)8-12-13(11)18-12;1-2-14-9(13)5-3-6(10)8(12)7(11)4-5;1-5-9(6-2,10-7-3)11-8-4;8-4-1-3(7(11)12)2-5(9)6(4)10;1-4-7(5-2)6-3;1-3-5(6)4-2;1-2-3;2-1-4-3;/h8,11-13H,5-7,9H2,1-4H3;8,11-14,16H,5-7,9H2,1-4H3;8,10-12,15H,4-7H2,1-3H3;7,10-13H,4-6,8H2,1-3H3;3,6-8,10-12H,2,4H2,1H3;5-8H2,1-4H3;1,4-6,8-10H,2H2,(H,11,12);7H,4-6H2,1-3H3;3-4H2,1-2H3;3H,2H2,1H3;1,3H;/q;;;;;;;;;;;+1/p-1/t11-,12-,13-;12-,13-,14-;10-,11-,12+;11-,12+,13-;6-,7-,8-;;4-,5-,6-;;;;;/m11111.1...../s1. The zero-order valence-electron chi connectivity index (χ0n) is 88.2. The summed E-state index contributed by atoms with van der Waals surface area (Å²) in [6.07, 6.45) is 7.65. The third-order valence-corrected chi connectivity index (χ3v) is 28.0. The summed E-state index contributed by atoms with van der Waals surface area (Å²) in [5.74, 6) is -4.79. The Morgan fingerprint density at radius 2 is 0.759 bits per heavy atom. The number of ketones is 1. The maximum Gasteiger partial charge on any atom is 1.00 e. The topological polar surface area (TPSA) is 590 Å². The van der Waals surface area contributed by atoms with E-state index in [2.05, 4.69) is 53.4 Å². The SMILES string of the molecule is CCC(=O)CC.CCO.CCOC(=O)C1=C[C@@H](O)[C@@H](O)[C@H](O)C1.CCOC(=O)C1=C[C@@H](OC(CC)CC)[C@@H](O)[C@H](OS(C)(=O)=O)C1.CCOC(=O)C1=C[C@@H](OC(CC)CC)[C@H]2O[C@H]2C1.CCOC(=O)C1=C[C@H]2OC(CC)(CC)O[C@H]2[C@H](O)C1.CCOC(=O)C1=C[C@H]2OC(CC)(CC)O[C@H]2[C@H](OS(C)(=O)=O)C1.CCOC(CC)(CC)OCC.CC[SiH](CC)CC.O=C(O)C1=C[C@@H](O)[C@@H](O)[C@H](O)C1.O=CO[O-].[Na+]. The van der Waals surface area contributed by atoms with E-state index in [1.807, 2.05) is 82.2 Å². The van der Waals surface area contributed by atoms with Crippen molar-refractivity contribution >= 4 is 77.1 Å². The fourth-order valence-corrected chi connectivity index (χ4v) is 18.2. The predicted molar refractivity (Wildman–Crippen MR) is 518 cm³/mol. The van der Waals surface area contributed by atoms with Crippen molar-refractivity contribution in [2.45, 2.75) is 432 Å². The second-order valence-electron chi connectivity index (χ2n) is 33.2. The van der Waals surface area contributed by atoms with Crippen molar-refractivity contribution < 1.29 is 221 Å². The molecule has 9 aliphatic rings. The van der Waals surface area contributed by atoms with Crippen LogP contribution in [-0.4, -0.2) is 330 Å². The Kier molecular flexibility index (Phi) is 73.9. The molecule has 0 amide bonds. The molecule has 3 heterocycles. The maximum atomic E-state index is 12.0. The summed E-state index contributed by atoms with van der Waals surface area (Å²) in [5.41, 5.74) is 1.92. The summed E-state index contributed by atoms with van der Waals surface area (Å²) in [6, 6.07) is 4.48. The van der Waals surface area contributed by atoms with Gasteiger partial charge in [-0.3, -0.25) is 18.0 Å². The maximum absolute atomic E-state index is 12.0. The van der Waals surface area contributed by atoms with E-state index in [9.17, 15) is 75.9 Å². The first-order chi connectivity index (χ1) is 66.0. The van der Waals surface area contributed by atoms with E-state index in [0.29, 0.717) is 80.7 Å². The molecule has 0 unspecified atom stereocenters. The minimum absolute atomic E-state index is 0. The molecule has 18 atom stereocenters. The van der Waals surface area contributed by atoms with Gasteiger partial charge in [-0.15, -0.1) is 0 Å². The number of rotatable bonds is 39. The third-order valence-electron chi connectivity index (χ3n) is 23.4. The van der Waals surface area contributed by atoms with Gasteiger partial charge in [-0.25, -0.2) is 28.8 Å². The summed E-state index contributed by atoms with van der Waals surface area (Å²) in [5, 5.41) is 99.8. The number of esters is 5. The number of hydrogen-bond acceptors (Lipinski definition) is 39. The molecule has 0 bridgehead atoms. The van der Waals surface area contributed by atoms with Gasteiger partial charge in [0, 0.05) is 113 Å². The van der Waals surface area contributed by atoms with Crippen LogP contribution in [0.3, 0.4) is 0 Å². The molecule has 3 aliphatic heterocycles. The molecule has 44 heteroatoms. The van der Waals surface area contributed by atoms with Gasteiger partial charge in [0.2, 0.25) is 0 Å². The number of carbonyl (C=O) groups is 8. The number of fused-ring (bicyclic) bond motifs is 3. The molecule has 0 aromatic carbocycles. The number of hydrogen-bond donors (Lipinski definition) is 10. The Balaban J connectivity index is -0.00000154. The number of carboxylic acids is 1. The van der Waals surface area contributed by atoms with Gasteiger partial charge in [-0.1, -0.05) is 122 Å². The van der Waals surface area contributed by atoms with Crippen LogP contribution in [-0.2, 0) is 138 Å².